The third-order valence-electron chi connectivity index (χ3n) is 10.3. The molecule has 1 aliphatic heterocycles. The van der Waals surface area contributed by atoms with E-state index in [-0.39, 0.29) is 5.91 Å². The predicted molar refractivity (Wildman–Crippen MR) is 141 cm³/mol. The zero-order valence-corrected chi connectivity index (χ0v) is 22.5. The van der Waals surface area contributed by atoms with Gasteiger partial charge >= 0.3 is 0 Å². The van der Waals surface area contributed by atoms with Gasteiger partial charge in [-0.15, -0.1) is 0 Å². The standard InChI is InChI=1S/C29H47N5O2/c1-19-15-30-16-20(2)33(19)8-9-34-29(36-18-21-6-4-3-5-7-21)26(17-31-34)28(35)32-27-24-11-22-10-23(13-24)14-25(27)12-22/h17,19-25,27,30H,3-16,18H2,1-2H3,(H,32,35)/t19-,20+,22?,23?,24?,25?,27?. The number of hydrogen-bond acceptors (Lipinski definition) is 5. The third kappa shape index (κ3) is 5.07. The van der Waals surface area contributed by atoms with Crippen LogP contribution in [0.1, 0.15) is 88.4 Å². The summed E-state index contributed by atoms with van der Waals surface area (Å²) in [6, 6.07) is 1.33. The maximum atomic E-state index is 13.7. The lowest BCUT2D eigenvalue weighted by atomic mass is 9.54. The van der Waals surface area contributed by atoms with Gasteiger partial charge in [0.15, 0.2) is 0 Å². The van der Waals surface area contributed by atoms with Crippen LogP contribution in [0.2, 0.25) is 0 Å². The molecule has 7 heteroatoms. The monoisotopic (exact) mass is 497 g/mol. The fourth-order valence-electron chi connectivity index (χ4n) is 8.60. The molecule has 0 spiro atoms. The highest BCUT2D eigenvalue weighted by molar-refractivity contribution is 5.96. The van der Waals surface area contributed by atoms with Gasteiger partial charge in [0.1, 0.15) is 5.56 Å². The molecule has 36 heavy (non-hydrogen) atoms. The van der Waals surface area contributed by atoms with Crippen molar-refractivity contribution in [2.24, 2.45) is 29.6 Å². The fraction of sp³-hybridized carbons (Fsp3) is 0.862. The van der Waals surface area contributed by atoms with Gasteiger partial charge in [0.2, 0.25) is 5.88 Å². The van der Waals surface area contributed by atoms with Crippen molar-refractivity contribution in [2.45, 2.75) is 103 Å². The van der Waals surface area contributed by atoms with Crippen molar-refractivity contribution in [1.82, 2.24) is 25.3 Å². The number of aromatic nitrogens is 2. The Labute approximate surface area is 217 Å². The summed E-state index contributed by atoms with van der Waals surface area (Å²) in [5.74, 6) is 4.47. The van der Waals surface area contributed by atoms with E-state index in [4.69, 9.17) is 9.84 Å². The van der Waals surface area contributed by atoms with Gasteiger partial charge in [-0.1, -0.05) is 19.3 Å². The lowest BCUT2D eigenvalue weighted by Gasteiger charge is -2.54. The van der Waals surface area contributed by atoms with E-state index in [1.807, 2.05) is 4.68 Å². The average molecular weight is 498 g/mol. The van der Waals surface area contributed by atoms with Gasteiger partial charge in [-0.05, 0) is 88.4 Å². The first-order valence-electron chi connectivity index (χ1n) is 15.0. The highest BCUT2D eigenvalue weighted by atomic mass is 16.5. The van der Waals surface area contributed by atoms with Crippen molar-refractivity contribution in [3.05, 3.63) is 11.8 Å². The molecule has 6 aliphatic rings. The molecule has 7 rings (SSSR count). The largest absolute Gasteiger partial charge is 0.477 e. The van der Waals surface area contributed by atoms with Crippen molar-refractivity contribution in [3.63, 3.8) is 0 Å². The molecule has 1 amide bonds. The maximum Gasteiger partial charge on any atom is 0.258 e. The van der Waals surface area contributed by atoms with Crippen LogP contribution in [0.25, 0.3) is 0 Å². The van der Waals surface area contributed by atoms with E-state index in [1.54, 1.807) is 6.20 Å². The second-order valence-corrected chi connectivity index (χ2v) is 12.9. The van der Waals surface area contributed by atoms with E-state index in [0.29, 0.717) is 53.9 Å². The van der Waals surface area contributed by atoms with E-state index >= 15 is 0 Å². The second-order valence-electron chi connectivity index (χ2n) is 12.9. The van der Waals surface area contributed by atoms with Crippen molar-refractivity contribution in [3.8, 4) is 5.88 Å². The van der Waals surface area contributed by atoms with Gasteiger partial charge in [-0.3, -0.25) is 9.69 Å². The molecule has 5 saturated carbocycles. The molecule has 0 radical (unpaired) electrons. The molecule has 200 valence electrons. The number of nitrogens with one attached hydrogen (secondary N) is 2. The number of carbonyl (C=O) groups excluding carboxylic acids is 1. The molecule has 2 heterocycles. The van der Waals surface area contributed by atoms with Crippen molar-refractivity contribution in [1.29, 1.82) is 0 Å². The zero-order chi connectivity index (χ0) is 24.6. The van der Waals surface area contributed by atoms with Crippen LogP contribution in [0.5, 0.6) is 5.88 Å². The van der Waals surface area contributed by atoms with Crippen LogP contribution in [0.15, 0.2) is 6.20 Å². The quantitative estimate of drug-likeness (QED) is 0.566. The summed E-state index contributed by atoms with van der Waals surface area (Å²) in [5, 5.41) is 11.7. The smallest absolute Gasteiger partial charge is 0.258 e. The number of nitrogens with zero attached hydrogens (tertiary/aromatic N) is 3. The topological polar surface area (TPSA) is 71.4 Å². The molecule has 1 saturated heterocycles. The molecule has 1 aromatic rings. The highest BCUT2D eigenvalue weighted by Gasteiger charge is 2.48. The number of amides is 1. The Kier molecular flexibility index (Phi) is 7.31. The summed E-state index contributed by atoms with van der Waals surface area (Å²) in [6.07, 6.45) is 14.8. The molecule has 1 aromatic heterocycles. The van der Waals surface area contributed by atoms with E-state index < -0.39 is 0 Å². The van der Waals surface area contributed by atoms with Gasteiger partial charge in [0.05, 0.1) is 19.3 Å². The van der Waals surface area contributed by atoms with Crippen LogP contribution in [0, 0.1) is 29.6 Å². The Morgan fingerprint density at radius 2 is 1.67 bits per heavy atom. The summed E-state index contributed by atoms with van der Waals surface area (Å²) in [7, 11) is 0. The molecule has 7 nitrogen and oxygen atoms in total. The fourth-order valence-corrected chi connectivity index (χ4v) is 8.60. The lowest BCUT2D eigenvalue weighted by Crippen LogP contribution is -2.55. The third-order valence-corrected chi connectivity index (χ3v) is 10.3. The van der Waals surface area contributed by atoms with Crippen molar-refractivity contribution < 1.29 is 9.53 Å². The first-order valence-corrected chi connectivity index (χ1v) is 15.0. The summed E-state index contributed by atoms with van der Waals surface area (Å²) in [5.41, 5.74) is 0.640. The number of ether oxygens (including phenoxy) is 1. The van der Waals surface area contributed by atoms with Gasteiger partial charge in [-0.25, -0.2) is 4.68 Å². The molecule has 2 N–H and O–H groups in total. The maximum absolute atomic E-state index is 13.7. The molecular weight excluding hydrogens is 450 g/mol. The minimum atomic E-state index is 0.0290. The van der Waals surface area contributed by atoms with Crippen LogP contribution < -0.4 is 15.4 Å². The van der Waals surface area contributed by atoms with E-state index in [2.05, 4.69) is 29.4 Å². The van der Waals surface area contributed by atoms with E-state index in [9.17, 15) is 4.79 Å². The predicted octanol–water partition coefficient (Wildman–Crippen LogP) is 4.08. The van der Waals surface area contributed by atoms with Crippen LogP contribution in [-0.4, -0.2) is 65.0 Å². The normalized spacial score (nSPS) is 36.8. The average Bonchev–Trinajstić information content (AvgIpc) is 3.27. The Hall–Kier alpha value is -1.60. The summed E-state index contributed by atoms with van der Waals surface area (Å²) >= 11 is 0. The van der Waals surface area contributed by atoms with Gasteiger partial charge in [0.25, 0.3) is 5.91 Å². The summed E-state index contributed by atoms with van der Waals surface area (Å²) < 4.78 is 8.45. The highest BCUT2D eigenvalue weighted by Crippen LogP contribution is 2.53. The minimum absolute atomic E-state index is 0.0290. The molecular formula is C29H47N5O2. The first-order chi connectivity index (χ1) is 17.5. The van der Waals surface area contributed by atoms with Crippen LogP contribution >= 0.6 is 0 Å². The molecule has 2 atom stereocenters. The number of piperazine rings is 1. The van der Waals surface area contributed by atoms with E-state index in [1.165, 1.54) is 64.2 Å². The first kappa shape index (κ1) is 24.7. The molecule has 6 fully saturated rings. The zero-order valence-electron chi connectivity index (χ0n) is 22.5. The van der Waals surface area contributed by atoms with E-state index in [0.717, 1.165) is 38.0 Å². The minimum Gasteiger partial charge on any atom is -0.477 e. The molecule has 0 aromatic carbocycles. The molecule has 4 bridgehead atoms. The Morgan fingerprint density at radius 3 is 2.33 bits per heavy atom. The molecule has 5 aliphatic carbocycles. The number of hydrogen-bond donors (Lipinski definition) is 2. The summed E-state index contributed by atoms with van der Waals surface area (Å²) in [4.78, 5) is 16.2. The Morgan fingerprint density at radius 1 is 1.00 bits per heavy atom. The van der Waals surface area contributed by atoms with Gasteiger partial charge in [0, 0.05) is 37.8 Å². The second kappa shape index (κ2) is 10.6. The Balaban J connectivity index is 1.16. The van der Waals surface area contributed by atoms with Gasteiger partial charge < -0.3 is 15.4 Å². The van der Waals surface area contributed by atoms with Crippen molar-refractivity contribution in [2.75, 3.05) is 26.2 Å². The Bertz CT molecular complexity index is 871. The SMILES string of the molecule is C[C@@H]1CNC[C@H](C)N1CCn1ncc(C(=O)NC2C3CC4CC(C3)CC2C4)c1OCC1CCCCC1. The van der Waals surface area contributed by atoms with Gasteiger partial charge in [-0.2, -0.15) is 5.10 Å². The van der Waals surface area contributed by atoms with Crippen LogP contribution in [0.4, 0.5) is 0 Å². The van der Waals surface area contributed by atoms with Crippen LogP contribution in [0.3, 0.4) is 0 Å². The summed E-state index contributed by atoms with van der Waals surface area (Å²) in [6.45, 7) is 8.99. The van der Waals surface area contributed by atoms with Crippen molar-refractivity contribution >= 4 is 5.91 Å². The lowest BCUT2D eigenvalue weighted by molar-refractivity contribution is -0.0120. The number of rotatable bonds is 8. The van der Waals surface area contributed by atoms with Crippen LogP contribution in [-0.2, 0) is 6.54 Å². The number of carbonyl (C=O) groups is 1. The molecule has 0 unspecified atom stereocenters.